The average Bonchev–Trinajstić information content (AvgIpc) is 2.36. The van der Waals surface area contributed by atoms with E-state index in [0.717, 1.165) is 12.8 Å². The molecule has 6 heteroatoms. The molecule has 0 rings (SSSR count). The van der Waals surface area contributed by atoms with Crippen molar-refractivity contribution in [2.24, 2.45) is 0 Å². The van der Waals surface area contributed by atoms with Gasteiger partial charge in [0.05, 0.1) is 12.6 Å². The Morgan fingerprint density at radius 3 is 2.21 bits per heavy atom. The van der Waals surface area contributed by atoms with Gasteiger partial charge in [-0.3, -0.25) is 0 Å². The summed E-state index contributed by atoms with van der Waals surface area (Å²) in [6.07, 6.45) is 2.39. The Balaban J connectivity index is 4.60. The number of hydrogen-bond acceptors (Lipinski definition) is 3. The van der Waals surface area contributed by atoms with Crippen molar-refractivity contribution in [3.05, 3.63) is 0 Å². The van der Waals surface area contributed by atoms with E-state index < -0.39 is 17.5 Å². The first-order chi connectivity index (χ1) is 8.95. The largest absolute Gasteiger partial charge is 0.480 e. The van der Waals surface area contributed by atoms with Crippen LogP contribution in [0.3, 0.4) is 0 Å². The van der Waals surface area contributed by atoms with Gasteiger partial charge < -0.3 is 20.5 Å². The van der Waals surface area contributed by atoms with E-state index in [0.29, 0.717) is 19.4 Å². The number of amides is 2. The highest BCUT2D eigenvalue weighted by atomic mass is 16.5. The predicted molar refractivity (Wildman–Crippen MR) is 73.2 cm³/mol. The quantitative estimate of drug-likeness (QED) is 0.597. The van der Waals surface area contributed by atoms with Crippen LogP contribution in [0, 0.1) is 0 Å². The lowest BCUT2D eigenvalue weighted by Gasteiger charge is -2.29. The summed E-state index contributed by atoms with van der Waals surface area (Å²) in [4.78, 5) is 23.2. The molecule has 3 N–H and O–H groups in total. The molecular formula is C13H26N2O4. The molecule has 0 saturated heterocycles. The van der Waals surface area contributed by atoms with Crippen LogP contribution in [0.5, 0.6) is 0 Å². The molecule has 0 aromatic rings. The lowest BCUT2D eigenvalue weighted by Crippen LogP contribution is -2.58. The van der Waals surface area contributed by atoms with Crippen molar-refractivity contribution in [3.8, 4) is 0 Å². The number of carboxylic acid groups (broad SMARTS) is 1. The van der Waals surface area contributed by atoms with E-state index in [4.69, 9.17) is 4.74 Å². The first-order valence-corrected chi connectivity index (χ1v) is 6.76. The van der Waals surface area contributed by atoms with Crippen molar-refractivity contribution in [2.45, 2.75) is 58.0 Å². The molecule has 0 spiro atoms. The Bertz CT molecular complexity index is 284. The van der Waals surface area contributed by atoms with E-state index in [2.05, 4.69) is 10.6 Å². The van der Waals surface area contributed by atoms with Crippen molar-refractivity contribution in [2.75, 3.05) is 13.7 Å². The molecule has 0 bridgehead atoms. The van der Waals surface area contributed by atoms with E-state index in [-0.39, 0.29) is 6.04 Å². The molecule has 19 heavy (non-hydrogen) atoms. The number of carbonyl (C=O) groups is 2. The third-order valence-corrected chi connectivity index (χ3v) is 3.31. The summed E-state index contributed by atoms with van der Waals surface area (Å²) in [5, 5.41) is 14.6. The number of nitrogens with one attached hydrogen (secondary N) is 2. The summed E-state index contributed by atoms with van der Waals surface area (Å²) in [5.74, 6) is -1.01. The van der Waals surface area contributed by atoms with E-state index in [1.165, 1.54) is 0 Å². The minimum Gasteiger partial charge on any atom is -0.480 e. The third-order valence-electron chi connectivity index (χ3n) is 3.31. The lowest BCUT2D eigenvalue weighted by molar-refractivity contribution is -0.144. The number of ether oxygens (including phenoxy) is 1. The van der Waals surface area contributed by atoms with Crippen LogP contribution in [0.15, 0.2) is 0 Å². The van der Waals surface area contributed by atoms with Gasteiger partial charge in [0, 0.05) is 7.11 Å². The highest BCUT2D eigenvalue weighted by molar-refractivity contribution is 5.86. The summed E-state index contributed by atoms with van der Waals surface area (Å²) in [5.41, 5.74) is -1.20. The van der Waals surface area contributed by atoms with E-state index in [9.17, 15) is 14.7 Å². The highest BCUT2D eigenvalue weighted by Crippen LogP contribution is 2.15. The van der Waals surface area contributed by atoms with E-state index >= 15 is 0 Å². The maximum atomic E-state index is 11.9. The van der Waals surface area contributed by atoms with Crippen molar-refractivity contribution in [1.29, 1.82) is 0 Å². The molecule has 0 aromatic carbocycles. The van der Waals surface area contributed by atoms with E-state index in [1.54, 1.807) is 21.0 Å². The fourth-order valence-electron chi connectivity index (χ4n) is 1.97. The summed E-state index contributed by atoms with van der Waals surface area (Å²) in [7, 11) is 1.57. The van der Waals surface area contributed by atoms with Gasteiger partial charge in [-0.05, 0) is 19.3 Å². The molecular weight excluding hydrogens is 248 g/mol. The van der Waals surface area contributed by atoms with Crippen molar-refractivity contribution in [1.82, 2.24) is 10.6 Å². The first kappa shape index (κ1) is 17.7. The molecule has 0 heterocycles. The van der Waals surface area contributed by atoms with Crippen LogP contribution in [0.4, 0.5) is 4.79 Å². The van der Waals surface area contributed by atoms with Crippen molar-refractivity contribution in [3.63, 3.8) is 0 Å². The average molecular weight is 274 g/mol. The normalized spacial score (nSPS) is 12.8. The van der Waals surface area contributed by atoms with Gasteiger partial charge in [-0.2, -0.15) is 0 Å². The Kier molecular flexibility index (Phi) is 8.14. The third kappa shape index (κ3) is 5.46. The van der Waals surface area contributed by atoms with Gasteiger partial charge >= 0.3 is 12.0 Å². The molecule has 112 valence electrons. The Morgan fingerprint density at radius 1 is 1.26 bits per heavy atom. The fraction of sp³-hybridized carbons (Fsp3) is 0.846. The Morgan fingerprint density at radius 2 is 1.84 bits per heavy atom. The number of aliphatic carboxylic acids is 1. The summed E-state index contributed by atoms with van der Waals surface area (Å²) < 4.78 is 5.03. The summed E-state index contributed by atoms with van der Waals surface area (Å²) in [6, 6.07) is -0.559. The second-order valence-electron chi connectivity index (χ2n) is 4.63. The van der Waals surface area contributed by atoms with Crippen molar-refractivity contribution >= 4 is 12.0 Å². The number of urea groups is 1. The van der Waals surface area contributed by atoms with Gasteiger partial charge in [-0.15, -0.1) is 0 Å². The first-order valence-electron chi connectivity index (χ1n) is 6.76. The van der Waals surface area contributed by atoms with Gasteiger partial charge in [0.1, 0.15) is 5.54 Å². The molecule has 0 saturated carbocycles. The van der Waals surface area contributed by atoms with Crippen LogP contribution in [0.2, 0.25) is 0 Å². The standard InChI is InChI=1S/C13H26N2O4/c1-5-8-10(9-19-4)14-12(18)15-13(6-2,7-3)11(16)17/h10H,5-9H2,1-4H3,(H,16,17)(H2,14,15,18). The van der Waals surface area contributed by atoms with Crippen molar-refractivity contribution < 1.29 is 19.4 Å². The van der Waals surface area contributed by atoms with E-state index in [1.807, 2.05) is 6.92 Å². The highest BCUT2D eigenvalue weighted by Gasteiger charge is 2.36. The van der Waals surface area contributed by atoms with Crippen LogP contribution in [-0.2, 0) is 9.53 Å². The topological polar surface area (TPSA) is 87.7 Å². The van der Waals surface area contributed by atoms with Gasteiger partial charge in [-0.25, -0.2) is 9.59 Å². The zero-order chi connectivity index (χ0) is 14.9. The summed E-state index contributed by atoms with van der Waals surface area (Å²) >= 11 is 0. The number of carbonyl (C=O) groups excluding carboxylic acids is 1. The molecule has 0 aliphatic carbocycles. The molecule has 1 atom stereocenters. The fourth-order valence-corrected chi connectivity index (χ4v) is 1.97. The van der Waals surface area contributed by atoms with Crippen LogP contribution in [0.25, 0.3) is 0 Å². The molecule has 0 aliphatic heterocycles. The Labute approximate surface area is 114 Å². The zero-order valence-electron chi connectivity index (χ0n) is 12.3. The predicted octanol–water partition coefficient (Wildman–Crippen LogP) is 1.74. The molecule has 0 radical (unpaired) electrons. The van der Waals surface area contributed by atoms with Gasteiger partial charge in [0.15, 0.2) is 0 Å². The monoisotopic (exact) mass is 274 g/mol. The number of methoxy groups -OCH3 is 1. The minimum atomic E-state index is -1.20. The molecule has 0 aromatic heterocycles. The minimum absolute atomic E-state index is 0.102. The molecule has 1 unspecified atom stereocenters. The molecule has 2 amide bonds. The van der Waals surface area contributed by atoms with Gasteiger partial charge in [-0.1, -0.05) is 27.2 Å². The SMILES string of the molecule is CCCC(COC)NC(=O)NC(CC)(CC)C(=O)O. The molecule has 0 aliphatic rings. The van der Waals surface area contributed by atoms with Gasteiger partial charge in [0.25, 0.3) is 0 Å². The second-order valence-corrected chi connectivity index (χ2v) is 4.63. The van der Waals surface area contributed by atoms with Crippen LogP contribution < -0.4 is 10.6 Å². The van der Waals surface area contributed by atoms with Crippen LogP contribution >= 0.6 is 0 Å². The number of hydrogen-bond donors (Lipinski definition) is 3. The number of rotatable bonds is 9. The van der Waals surface area contributed by atoms with Crippen LogP contribution in [0.1, 0.15) is 46.5 Å². The molecule has 6 nitrogen and oxygen atoms in total. The molecule has 0 fully saturated rings. The van der Waals surface area contributed by atoms with Crippen LogP contribution in [-0.4, -0.2) is 42.4 Å². The Hall–Kier alpha value is -1.30. The maximum Gasteiger partial charge on any atom is 0.329 e. The number of carboxylic acids is 1. The summed E-state index contributed by atoms with van der Waals surface area (Å²) in [6.45, 7) is 5.93. The zero-order valence-corrected chi connectivity index (χ0v) is 12.3. The smallest absolute Gasteiger partial charge is 0.329 e. The second kappa shape index (κ2) is 8.74. The van der Waals surface area contributed by atoms with Gasteiger partial charge in [0.2, 0.25) is 0 Å². The lowest BCUT2D eigenvalue weighted by atomic mass is 9.93. The maximum absolute atomic E-state index is 11.9.